The van der Waals surface area contributed by atoms with Crippen LogP contribution in [0.3, 0.4) is 0 Å². The molecule has 1 aliphatic rings. The lowest BCUT2D eigenvalue weighted by Crippen LogP contribution is -2.40. The summed E-state index contributed by atoms with van der Waals surface area (Å²) < 4.78 is 28.6. The Balaban J connectivity index is 1.45. The van der Waals surface area contributed by atoms with Crippen molar-refractivity contribution in [2.75, 3.05) is 24.5 Å². The summed E-state index contributed by atoms with van der Waals surface area (Å²) in [6.07, 6.45) is 2.74. The summed E-state index contributed by atoms with van der Waals surface area (Å²) in [6.45, 7) is -1.09. The van der Waals surface area contributed by atoms with Crippen molar-refractivity contribution in [2.24, 2.45) is 0 Å². The highest BCUT2D eigenvalue weighted by molar-refractivity contribution is 5.81. The van der Waals surface area contributed by atoms with Crippen molar-refractivity contribution in [3.05, 3.63) is 59.7 Å². The smallest absolute Gasteiger partial charge is 0.387 e. The number of ether oxygens (including phenoxy) is 1. The molecule has 0 saturated carbocycles. The van der Waals surface area contributed by atoms with Gasteiger partial charge in [-0.15, -0.1) is 0 Å². The first-order valence-corrected chi connectivity index (χ1v) is 8.75. The van der Waals surface area contributed by atoms with Crippen molar-refractivity contribution in [1.82, 2.24) is 5.32 Å². The molecule has 0 atom stereocenters. The molecule has 1 N–H and O–H groups in total. The van der Waals surface area contributed by atoms with Gasteiger partial charge in [-0.3, -0.25) is 4.79 Å². The van der Waals surface area contributed by atoms with Crippen LogP contribution in [-0.4, -0.2) is 32.2 Å². The van der Waals surface area contributed by atoms with Crippen LogP contribution in [0.4, 0.5) is 14.5 Å². The third-order valence-electron chi connectivity index (χ3n) is 4.43. The van der Waals surface area contributed by atoms with Crippen molar-refractivity contribution in [1.29, 1.82) is 0 Å². The standard InChI is InChI=1S/C20H22F2N2O2/c21-20(22)26-17-9-7-15(8-10-17)11-12-23-19(25)14-24-13-3-5-16-4-1-2-6-18(16)24/h1-2,4,6-10,20H,3,5,11-14H2,(H,23,25). The Morgan fingerprint density at radius 2 is 1.92 bits per heavy atom. The summed E-state index contributed by atoms with van der Waals surface area (Å²) >= 11 is 0. The number of halogens is 2. The maximum absolute atomic E-state index is 12.2. The number of benzene rings is 2. The number of carbonyl (C=O) groups excluding carboxylic acids is 1. The lowest BCUT2D eigenvalue weighted by atomic mass is 10.0. The number of amides is 1. The molecule has 138 valence electrons. The van der Waals surface area contributed by atoms with Gasteiger partial charge in [-0.25, -0.2) is 0 Å². The van der Waals surface area contributed by atoms with Crippen LogP contribution >= 0.6 is 0 Å². The summed E-state index contributed by atoms with van der Waals surface area (Å²) in [7, 11) is 0. The fourth-order valence-corrected chi connectivity index (χ4v) is 3.19. The number of rotatable bonds is 7. The predicted molar refractivity (Wildman–Crippen MR) is 96.8 cm³/mol. The maximum atomic E-state index is 12.2. The fourth-order valence-electron chi connectivity index (χ4n) is 3.19. The van der Waals surface area contributed by atoms with E-state index in [1.807, 2.05) is 12.1 Å². The number of alkyl halides is 2. The first-order chi connectivity index (χ1) is 12.6. The van der Waals surface area contributed by atoms with Gasteiger partial charge in [-0.1, -0.05) is 30.3 Å². The summed E-state index contributed by atoms with van der Waals surface area (Å²) in [5.41, 5.74) is 3.39. The van der Waals surface area contributed by atoms with Gasteiger partial charge in [-0.05, 0) is 48.6 Å². The molecule has 3 rings (SSSR count). The Morgan fingerprint density at radius 1 is 1.15 bits per heavy atom. The number of para-hydroxylation sites is 1. The molecule has 1 aliphatic heterocycles. The van der Waals surface area contributed by atoms with E-state index in [9.17, 15) is 13.6 Å². The van der Waals surface area contributed by atoms with Gasteiger partial charge in [0.15, 0.2) is 0 Å². The van der Waals surface area contributed by atoms with E-state index >= 15 is 0 Å². The van der Waals surface area contributed by atoms with E-state index in [4.69, 9.17) is 0 Å². The Bertz CT molecular complexity index is 735. The Hall–Kier alpha value is -2.63. The molecule has 2 aromatic rings. The van der Waals surface area contributed by atoms with E-state index in [2.05, 4.69) is 27.1 Å². The van der Waals surface area contributed by atoms with Crippen LogP contribution < -0.4 is 15.0 Å². The monoisotopic (exact) mass is 360 g/mol. The molecule has 0 aliphatic carbocycles. The van der Waals surface area contributed by atoms with Crippen LogP contribution in [0.25, 0.3) is 0 Å². The number of fused-ring (bicyclic) bond motifs is 1. The Kier molecular flexibility index (Phi) is 6.04. The minimum Gasteiger partial charge on any atom is -0.435 e. The third kappa shape index (κ3) is 4.94. The maximum Gasteiger partial charge on any atom is 0.387 e. The average Bonchev–Trinajstić information content (AvgIpc) is 2.63. The van der Waals surface area contributed by atoms with Gasteiger partial charge < -0.3 is 15.0 Å². The topological polar surface area (TPSA) is 41.6 Å². The van der Waals surface area contributed by atoms with Crippen LogP contribution in [0.2, 0.25) is 0 Å². The number of anilines is 1. The molecule has 0 spiro atoms. The zero-order chi connectivity index (χ0) is 18.4. The largest absolute Gasteiger partial charge is 0.435 e. The van der Waals surface area contributed by atoms with Gasteiger partial charge in [0.05, 0.1) is 6.54 Å². The number of nitrogens with zero attached hydrogens (tertiary/aromatic N) is 1. The van der Waals surface area contributed by atoms with Crippen LogP contribution in [0, 0.1) is 0 Å². The third-order valence-corrected chi connectivity index (χ3v) is 4.43. The van der Waals surface area contributed by atoms with Crippen LogP contribution in [-0.2, 0) is 17.6 Å². The molecule has 0 bridgehead atoms. The van der Waals surface area contributed by atoms with Gasteiger partial charge in [-0.2, -0.15) is 8.78 Å². The summed E-state index contributed by atoms with van der Waals surface area (Å²) in [5.74, 6) is 0.121. The first kappa shape index (κ1) is 18.2. The van der Waals surface area contributed by atoms with Crippen LogP contribution in [0.5, 0.6) is 5.75 Å². The number of hydrogen-bond acceptors (Lipinski definition) is 3. The summed E-state index contributed by atoms with van der Waals surface area (Å²) in [4.78, 5) is 14.3. The number of nitrogens with one attached hydrogen (secondary N) is 1. The van der Waals surface area contributed by atoms with Gasteiger partial charge in [0.1, 0.15) is 5.75 Å². The molecule has 6 heteroatoms. The molecule has 0 unspecified atom stereocenters. The first-order valence-electron chi connectivity index (χ1n) is 8.75. The van der Waals surface area contributed by atoms with Crippen molar-refractivity contribution < 1.29 is 18.3 Å². The van der Waals surface area contributed by atoms with Crippen molar-refractivity contribution in [2.45, 2.75) is 25.9 Å². The number of hydrogen-bond donors (Lipinski definition) is 1. The highest BCUT2D eigenvalue weighted by atomic mass is 19.3. The molecule has 1 heterocycles. The molecule has 2 aromatic carbocycles. The van der Waals surface area contributed by atoms with E-state index in [1.54, 1.807) is 12.1 Å². The molecule has 0 radical (unpaired) electrons. The normalized spacial score (nSPS) is 13.4. The Labute approximate surface area is 151 Å². The minimum absolute atomic E-state index is 0.0145. The lowest BCUT2D eigenvalue weighted by molar-refractivity contribution is -0.119. The lowest BCUT2D eigenvalue weighted by Gasteiger charge is -2.30. The van der Waals surface area contributed by atoms with Gasteiger partial charge in [0, 0.05) is 18.8 Å². The van der Waals surface area contributed by atoms with E-state index in [-0.39, 0.29) is 11.7 Å². The molecule has 0 aromatic heterocycles. The SMILES string of the molecule is O=C(CN1CCCc2ccccc21)NCCc1ccc(OC(F)F)cc1. The molecular formula is C20H22F2N2O2. The Morgan fingerprint density at radius 3 is 2.69 bits per heavy atom. The van der Waals surface area contributed by atoms with E-state index in [1.165, 1.54) is 17.7 Å². The minimum atomic E-state index is -2.82. The van der Waals surface area contributed by atoms with E-state index in [0.29, 0.717) is 19.5 Å². The second-order valence-corrected chi connectivity index (χ2v) is 6.28. The molecule has 4 nitrogen and oxygen atoms in total. The number of aryl methyl sites for hydroxylation is 1. The molecule has 26 heavy (non-hydrogen) atoms. The number of carbonyl (C=O) groups is 1. The van der Waals surface area contributed by atoms with Gasteiger partial charge in [0.25, 0.3) is 0 Å². The average molecular weight is 360 g/mol. The molecular weight excluding hydrogens is 338 g/mol. The highest BCUT2D eigenvalue weighted by Gasteiger charge is 2.18. The zero-order valence-corrected chi connectivity index (χ0v) is 14.5. The summed E-state index contributed by atoms with van der Waals surface area (Å²) in [5, 5.41) is 2.92. The second-order valence-electron chi connectivity index (χ2n) is 6.28. The van der Waals surface area contributed by atoms with Crippen LogP contribution in [0.15, 0.2) is 48.5 Å². The van der Waals surface area contributed by atoms with E-state index < -0.39 is 6.61 Å². The second kappa shape index (κ2) is 8.65. The highest BCUT2D eigenvalue weighted by Crippen LogP contribution is 2.26. The van der Waals surface area contributed by atoms with Crippen LogP contribution in [0.1, 0.15) is 17.5 Å². The van der Waals surface area contributed by atoms with E-state index in [0.717, 1.165) is 30.6 Å². The van der Waals surface area contributed by atoms with Gasteiger partial charge in [0.2, 0.25) is 5.91 Å². The molecule has 0 saturated heterocycles. The molecule has 0 fully saturated rings. The van der Waals surface area contributed by atoms with Crippen molar-refractivity contribution in [3.8, 4) is 5.75 Å². The van der Waals surface area contributed by atoms with Crippen molar-refractivity contribution >= 4 is 11.6 Å². The quantitative estimate of drug-likeness (QED) is 0.823. The molecule has 1 amide bonds. The van der Waals surface area contributed by atoms with Crippen molar-refractivity contribution in [3.63, 3.8) is 0 Å². The fraction of sp³-hybridized carbons (Fsp3) is 0.350. The predicted octanol–water partition coefficient (Wildman–Crippen LogP) is 3.40. The van der Waals surface area contributed by atoms with Gasteiger partial charge >= 0.3 is 6.61 Å². The zero-order valence-electron chi connectivity index (χ0n) is 14.5. The summed E-state index contributed by atoms with van der Waals surface area (Å²) in [6, 6.07) is 14.7.